The molecule has 2 saturated carbocycles. The molecule has 2 aliphatic carbocycles. The number of halogens is 1. The van der Waals surface area contributed by atoms with Gasteiger partial charge in [-0.15, -0.1) is 0 Å². The summed E-state index contributed by atoms with van der Waals surface area (Å²) in [5, 5.41) is 15.6. The van der Waals surface area contributed by atoms with E-state index in [1.165, 1.54) is 18.6 Å². The minimum Gasteiger partial charge on any atom is -0.393 e. The Morgan fingerprint density at radius 2 is 1.74 bits per heavy atom. The third-order valence-corrected chi connectivity index (χ3v) is 5.17. The van der Waals surface area contributed by atoms with E-state index in [1.807, 2.05) is 0 Å². The maximum Gasteiger partial charge on any atom is 0.315 e. The zero-order valence-corrected chi connectivity index (χ0v) is 13.3. The van der Waals surface area contributed by atoms with Crippen LogP contribution in [0.25, 0.3) is 0 Å². The molecule has 0 bridgehead atoms. The Morgan fingerprint density at radius 1 is 1.09 bits per heavy atom. The Morgan fingerprint density at radius 3 is 2.30 bits per heavy atom. The lowest BCUT2D eigenvalue weighted by molar-refractivity contribution is 0.117. The highest BCUT2D eigenvalue weighted by Gasteiger charge is 2.30. The van der Waals surface area contributed by atoms with Gasteiger partial charge in [-0.1, -0.05) is 18.6 Å². The standard InChI is InChI=1S/C18H25FN2O2/c19-14-6-4-13(5-7-14)17(12-2-1-3-12)21-18(23)20-15-8-10-16(22)11-9-15/h4-7,12,15-17,22H,1-3,8-11H2,(H2,20,21,23). The molecule has 1 atom stereocenters. The van der Waals surface area contributed by atoms with E-state index in [0.29, 0.717) is 5.92 Å². The van der Waals surface area contributed by atoms with Gasteiger partial charge in [0.1, 0.15) is 5.82 Å². The summed E-state index contributed by atoms with van der Waals surface area (Å²) in [6.45, 7) is 0. The van der Waals surface area contributed by atoms with Crippen LogP contribution in [0, 0.1) is 11.7 Å². The molecule has 2 aliphatic rings. The molecule has 0 spiro atoms. The highest BCUT2D eigenvalue weighted by atomic mass is 19.1. The second kappa shape index (κ2) is 7.30. The minimum absolute atomic E-state index is 0.0569. The molecule has 3 rings (SSSR count). The van der Waals surface area contributed by atoms with Crippen LogP contribution >= 0.6 is 0 Å². The van der Waals surface area contributed by atoms with Crippen LogP contribution in [0.3, 0.4) is 0 Å². The SMILES string of the molecule is O=C(NC1CCC(O)CC1)NC(c1ccc(F)cc1)C1CCC1. The second-order valence-electron chi connectivity index (χ2n) is 6.84. The Bertz CT molecular complexity index is 522. The lowest BCUT2D eigenvalue weighted by atomic mass is 9.77. The number of hydrogen-bond donors (Lipinski definition) is 3. The van der Waals surface area contributed by atoms with Crippen LogP contribution in [0.4, 0.5) is 9.18 Å². The fourth-order valence-corrected chi connectivity index (χ4v) is 3.51. The van der Waals surface area contributed by atoms with Gasteiger partial charge in [0.25, 0.3) is 0 Å². The number of carbonyl (C=O) groups excluding carboxylic acids is 1. The van der Waals surface area contributed by atoms with Gasteiger partial charge in [-0.25, -0.2) is 9.18 Å². The van der Waals surface area contributed by atoms with Crippen LogP contribution in [0.5, 0.6) is 0 Å². The van der Waals surface area contributed by atoms with Gasteiger partial charge in [0.15, 0.2) is 0 Å². The molecule has 4 nitrogen and oxygen atoms in total. The largest absolute Gasteiger partial charge is 0.393 e. The average molecular weight is 320 g/mol. The number of aliphatic hydroxyl groups is 1. The van der Waals surface area contributed by atoms with Crippen molar-refractivity contribution in [2.45, 2.75) is 63.1 Å². The van der Waals surface area contributed by atoms with Crippen molar-refractivity contribution in [2.24, 2.45) is 5.92 Å². The van der Waals surface area contributed by atoms with Gasteiger partial charge in [-0.05, 0) is 62.1 Å². The van der Waals surface area contributed by atoms with Gasteiger partial charge in [0, 0.05) is 6.04 Å². The molecule has 126 valence electrons. The zero-order valence-electron chi connectivity index (χ0n) is 13.3. The topological polar surface area (TPSA) is 61.4 Å². The second-order valence-corrected chi connectivity index (χ2v) is 6.84. The van der Waals surface area contributed by atoms with E-state index < -0.39 is 0 Å². The lowest BCUT2D eigenvalue weighted by Gasteiger charge is -2.35. The number of amides is 2. The number of nitrogens with one attached hydrogen (secondary N) is 2. The van der Waals surface area contributed by atoms with Crippen LogP contribution in [-0.2, 0) is 0 Å². The van der Waals surface area contributed by atoms with Gasteiger partial charge < -0.3 is 15.7 Å². The van der Waals surface area contributed by atoms with E-state index >= 15 is 0 Å². The fourth-order valence-electron chi connectivity index (χ4n) is 3.51. The third kappa shape index (κ3) is 4.22. The van der Waals surface area contributed by atoms with Crippen molar-refractivity contribution in [1.82, 2.24) is 10.6 Å². The number of hydrogen-bond acceptors (Lipinski definition) is 2. The molecule has 0 heterocycles. The van der Waals surface area contributed by atoms with Crippen LogP contribution in [0.2, 0.25) is 0 Å². The summed E-state index contributed by atoms with van der Waals surface area (Å²) >= 11 is 0. The number of rotatable bonds is 4. The van der Waals surface area contributed by atoms with E-state index in [1.54, 1.807) is 12.1 Å². The molecule has 2 amide bonds. The number of urea groups is 1. The average Bonchev–Trinajstić information content (AvgIpc) is 2.48. The Balaban J connectivity index is 1.59. The molecule has 0 aliphatic heterocycles. The van der Waals surface area contributed by atoms with Crippen molar-refractivity contribution in [3.8, 4) is 0 Å². The summed E-state index contributed by atoms with van der Waals surface area (Å²) in [7, 11) is 0. The predicted molar refractivity (Wildman–Crippen MR) is 86.4 cm³/mol. The normalized spacial score (nSPS) is 26.2. The molecular formula is C18H25FN2O2. The van der Waals surface area contributed by atoms with E-state index in [4.69, 9.17) is 0 Å². The molecule has 3 N–H and O–H groups in total. The molecule has 0 saturated heterocycles. The smallest absolute Gasteiger partial charge is 0.315 e. The van der Waals surface area contributed by atoms with Crippen LogP contribution in [0.1, 0.15) is 56.6 Å². The first-order chi connectivity index (χ1) is 11.1. The summed E-state index contributed by atoms with van der Waals surface area (Å²) in [5.74, 6) is 0.172. The summed E-state index contributed by atoms with van der Waals surface area (Å²) in [4.78, 5) is 12.3. The summed E-state index contributed by atoms with van der Waals surface area (Å²) in [5.41, 5.74) is 0.963. The minimum atomic E-state index is -0.258. The highest BCUT2D eigenvalue weighted by molar-refractivity contribution is 5.74. The number of carbonyl (C=O) groups is 1. The van der Waals surface area contributed by atoms with Crippen molar-refractivity contribution in [3.05, 3.63) is 35.6 Å². The Labute approximate surface area is 136 Å². The van der Waals surface area contributed by atoms with Gasteiger partial charge in [-0.3, -0.25) is 0 Å². The predicted octanol–water partition coefficient (Wildman–Crippen LogP) is 3.27. The lowest BCUT2D eigenvalue weighted by Crippen LogP contribution is -2.47. The molecule has 1 aromatic carbocycles. The molecule has 23 heavy (non-hydrogen) atoms. The maximum atomic E-state index is 13.1. The summed E-state index contributed by atoms with van der Waals surface area (Å²) in [6.07, 6.45) is 6.28. The van der Waals surface area contributed by atoms with Crippen molar-refractivity contribution in [2.75, 3.05) is 0 Å². The molecule has 1 aromatic rings. The summed E-state index contributed by atoms with van der Waals surface area (Å²) < 4.78 is 13.1. The number of benzene rings is 1. The highest BCUT2D eigenvalue weighted by Crippen LogP contribution is 2.37. The van der Waals surface area contributed by atoms with Crippen LogP contribution < -0.4 is 10.6 Å². The van der Waals surface area contributed by atoms with Crippen LogP contribution in [-0.4, -0.2) is 23.3 Å². The monoisotopic (exact) mass is 320 g/mol. The molecule has 5 heteroatoms. The zero-order chi connectivity index (χ0) is 16.2. The molecule has 0 aromatic heterocycles. The Hall–Kier alpha value is -1.62. The fraction of sp³-hybridized carbons (Fsp3) is 0.611. The van der Waals surface area contributed by atoms with E-state index in [9.17, 15) is 14.3 Å². The first kappa shape index (κ1) is 16.2. The molecule has 0 radical (unpaired) electrons. The molecule has 2 fully saturated rings. The van der Waals surface area contributed by atoms with E-state index in [-0.39, 0.29) is 30.0 Å². The van der Waals surface area contributed by atoms with Crippen molar-refractivity contribution in [1.29, 1.82) is 0 Å². The van der Waals surface area contributed by atoms with Crippen molar-refractivity contribution in [3.63, 3.8) is 0 Å². The van der Waals surface area contributed by atoms with E-state index in [2.05, 4.69) is 10.6 Å². The van der Waals surface area contributed by atoms with Gasteiger partial charge in [0.05, 0.1) is 12.1 Å². The van der Waals surface area contributed by atoms with Crippen molar-refractivity contribution < 1.29 is 14.3 Å². The van der Waals surface area contributed by atoms with Crippen molar-refractivity contribution >= 4 is 6.03 Å². The quantitative estimate of drug-likeness (QED) is 0.797. The van der Waals surface area contributed by atoms with Gasteiger partial charge in [0.2, 0.25) is 0 Å². The maximum absolute atomic E-state index is 13.1. The summed E-state index contributed by atoms with van der Waals surface area (Å²) in [6, 6.07) is 6.33. The first-order valence-corrected chi connectivity index (χ1v) is 8.62. The van der Waals surface area contributed by atoms with Gasteiger partial charge in [-0.2, -0.15) is 0 Å². The first-order valence-electron chi connectivity index (χ1n) is 8.62. The molecular weight excluding hydrogens is 295 g/mol. The Kier molecular flexibility index (Phi) is 5.16. The third-order valence-electron chi connectivity index (χ3n) is 5.17. The molecule has 1 unspecified atom stereocenters. The van der Waals surface area contributed by atoms with E-state index in [0.717, 1.165) is 44.1 Å². The van der Waals surface area contributed by atoms with Crippen LogP contribution in [0.15, 0.2) is 24.3 Å². The number of aliphatic hydroxyl groups excluding tert-OH is 1. The van der Waals surface area contributed by atoms with Gasteiger partial charge >= 0.3 is 6.03 Å².